The second-order valence-corrected chi connectivity index (χ2v) is 12.5. The lowest BCUT2D eigenvalue weighted by Gasteiger charge is -2.35. The summed E-state index contributed by atoms with van der Waals surface area (Å²) < 4.78 is 0. The normalized spacial score (nSPS) is 21.8. The summed E-state index contributed by atoms with van der Waals surface area (Å²) >= 11 is 0. The van der Waals surface area contributed by atoms with Crippen LogP contribution in [0, 0.1) is 12.8 Å². The van der Waals surface area contributed by atoms with Crippen molar-refractivity contribution in [3.63, 3.8) is 0 Å². The molecule has 4 heterocycles. The lowest BCUT2D eigenvalue weighted by molar-refractivity contribution is -0.132. The van der Waals surface area contributed by atoms with Gasteiger partial charge in [-0.2, -0.15) is 4.98 Å². The maximum atomic E-state index is 13.9. The van der Waals surface area contributed by atoms with Crippen LogP contribution in [0.4, 0.5) is 11.8 Å². The molecule has 4 N–H and O–H groups in total. The average Bonchev–Trinajstić information content (AvgIpc) is 3.04. The molecule has 1 aromatic carbocycles. The van der Waals surface area contributed by atoms with Crippen LogP contribution < -0.4 is 26.2 Å². The van der Waals surface area contributed by atoms with E-state index < -0.39 is 24.0 Å². The summed E-state index contributed by atoms with van der Waals surface area (Å²) in [6.07, 6.45) is 2.68. The van der Waals surface area contributed by atoms with Crippen LogP contribution in [0.2, 0.25) is 0 Å². The zero-order valence-electron chi connectivity index (χ0n) is 27.1. The molecule has 2 bridgehead atoms. The third-order valence-corrected chi connectivity index (χ3v) is 8.51. The van der Waals surface area contributed by atoms with E-state index in [0.29, 0.717) is 31.2 Å². The van der Waals surface area contributed by atoms with Crippen molar-refractivity contribution in [2.75, 3.05) is 42.9 Å². The Morgan fingerprint density at radius 3 is 2.37 bits per heavy atom. The highest BCUT2D eigenvalue weighted by molar-refractivity contribution is 5.93. The zero-order valence-corrected chi connectivity index (χ0v) is 27.1. The average molecular weight is 628 g/mol. The Labute approximate surface area is 270 Å². The highest BCUT2D eigenvalue weighted by Gasteiger charge is 2.31. The van der Waals surface area contributed by atoms with Crippen LogP contribution in [0.1, 0.15) is 43.3 Å². The van der Waals surface area contributed by atoms with Crippen LogP contribution in [-0.4, -0.2) is 88.4 Å². The van der Waals surface area contributed by atoms with E-state index in [2.05, 4.69) is 49.0 Å². The van der Waals surface area contributed by atoms with Crippen LogP contribution in [0.15, 0.2) is 54.7 Å². The molecule has 0 spiro atoms. The first kappa shape index (κ1) is 32.8. The van der Waals surface area contributed by atoms with E-state index in [1.807, 2.05) is 62.5 Å². The minimum Gasteiger partial charge on any atom is -0.358 e. The first-order valence-electron chi connectivity index (χ1n) is 16.1. The lowest BCUT2D eigenvalue weighted by atomic mass is 10.0. The Hall–Kier alpha value is -4.58. The number of pyridine rings is 1. The van der Waals surface area contributed by atoms with Crippen LogP contribution in [0.25, 0.3) is 0 Å². The number of anilines is 2. The molecule has 2 aliphatic heterocycles. The fourth-order valence-corrected chi connectivity index (χ4v) is 5.69. The molecule has 3 aromatic rings. The fourth-order valence-electron chi connectivity index (χ4n) is 5.69. The summed E-state index contributed by atoms with van der Waals surface area (Å²) in [4.78, 5) is 58.8. The van der Waals surface area contributed by atoms with Gasteiger partial charge in [-0.25, -0.2) is 4.98 Å². The maximum Gasteiger partial charge on any atom is 0.243 e. The van der Waals surface area contributed by atoms with E-state index in [0.717, 1.165) is 49.7 Å². The summed E-state index contributed by atoms with van der Waals surface area (Å²) in [7, 11) is 0. The maximum absolute atomic E-state index is 13.9. The number of aryl methyl sites for hydroxylation is 1. The van der Waals surface area contributed by atoms with Gasteiger partial charge in [0.05, 0.1) is 5.69 Å². The molecule has 12 nitrogen and oxygen atoms in total. The van der Waals surface area contributed by atoms with Crippen molar-refractivity contribution >= 4 is 29.5 Å². The molecule has 0 radical (unpaired) electrons. The summed E-state index contributed by atoms with van der Waals surface area (Å²) in [5.74, 6) is -0.143. The van der Waals surface area contributed by atoms with Crippen molar-refractivity contribution in [3.05, 3.63) is 77.2 Å². The number of piperazine rings is 1. The molecular weight excluding hydrogens is 582 g/mol. The van der Waals surface area contributed by atoms with Gasteiger partial charge in [0.2, 0.25) is 23.7 Å². The first-order chi connectivity index (χ1) is 22.2. The number of aromatic nitrogens is 3. The summed E-state index contributed by atoms with van der Waals surface area (Å²) in [5, 5.41) is 12.0. The van der Waals surface area contributed by atoms with Gasteiger partial charge in [-0.3, -0.25) is 24.3 Å². The summed E-state index contributed by atoms with van der Waals surface area (Å²) in [6.45, 7) is 11.7. The Kier molecular flexibility index (Phi) is 10.8. The van der Waals surface area contributed by atoms with Crippen molar-refractivity contribution in [1.29, 1.82) is 0 Å². The van der Waals surface area contributed by atoms with Crippen LogP contribution in [0.3, 0.4) is 0 Å². The topological polar surface area (TPSA) is 144 Å². The smallest absolute Gasteiger partial charge is 0.243 e. The number of fused-ring (bicyclic) bond motifs is 2. The van der Waals surface area contributed by atoms with Gasteiger partial charge >= 0.3 is 0 Å². The SMILES string of the molecule is Cc1cccnc1CN1CCN(c2nc3cc(n2)N[C@@H](Cc2ccccc2)C(=O)N[C@H](C(C)C)C(=O)N[C@@H](C)C(=O)NCC3)CC1. The Morgan fingerprint density at radius 1 is 0.891 bits per heavy atom. The monoisotopic (exact) mass is 627 g/mol. The van der Waals surface area contributed by atoms with Crippen LogP contribution in [-0.2, 0) is 33.8 Å². The number of hydrogen-bond acceptors (Lipinski definition) is 9. The third kappa shape index (κ3) is 8.57. The number of nitrogens with zero attached hydrogens (tertiary/aromatic N) is 5. The third-order valence-electron chi connectivity index (χ3n) is 8.51. The molecule has 3 atom stereocenters. The van der Waals surface area contributed by atoms with Crippen molar-refractivity contribution in [2.45, 2.75) is 65.2 Å². The fraction of sp³-hybridized carbons (Fsp3) is 0.471. The number of rotatable bonds is 6. The van der Waals surface area contributed by atoms with E-state index in [4.69, 9.17) is 9.97 Å². The van der Waals surface area contributed by atoms with Gasteiger partial charge in [0.1, 0.15) is 23.9 Å². The Balaban J connectivity index is 1.41. The standard InChI is InChI=1S/C34H45N9O3/c1-22(2)30-33(46)37-24(4)31(44)36-14-12-26-20-29(39-27(32(45)41-30)19-25-10-6-5-7-11-25)40-34(38-26)43-17-15-42(16-18-43)21-28-23(3)9-8-13-35-28/h5-11,13,20,22,24,27,30H,12,14-19,21H2,1-4H3,(H,36,44)(H,37,46)(H,41,45)(H,38,39,40)/t24-,27-,30+/m0/s1. The number of carbonyl (C=O) groups excluding carboxylic acids is 3. The number of carbonyl (C=O) groups is 3. The molecule has 12 heteroatoms. The second-order valence-electron chi connectivity index (χ2n) is 12.5. The van der Waals surface area contributed by atoms with Gasteiger partial charge in [-0.05, 0) is 37.0 Å². The van der Waals surface area contributed by atoms with E-state index in [1.54, 1.807) is 6.92 Å². The van der Waals surface area contributed by atoms with Gasteiger partial charge in [0, 0.05) is 70.1 Å². The van der Waals surface area contributed by atoms with Gasteiger partial charge < -0.3 is 26.2 Å². The molecule has 244 valence electrons. The van der Waals surface area contributed by atoms with Gasteiger partial charge in [0.15, 0.2) is 0 Å². The molecule has 3 amide bonds. The molecular formula is C34H45N9O3. The minimum absolute atomic E-state index is 0.204. The molecule has 5 rings (SSSR count). The largest absolute Gasteiger partial charge is 0.358 e. The second kappa shape index (κ2) is 15.1. The van der Waals surface area contributed by atoms with Crippen molar-refractivity contribution in [1.82, 2.24) is 35.8 Å². The predicted octanol–water partition coefficient (Wildman–Crippen LogP) is 1.84. The molecule has 0 saturated carbocycles. The quantitative estimate of drug-likeness (QED) is 0.322. The molecule has 0 aliphatic carbocycles. The molecule has 1 saturated heterocycles. The van der Waals surface area contributed by atoms with Crippen molar-refractivity contribution in [3.8, 4) is 0 Å². The minimum atomic E-state index is -0.823. The molecule has 2 aromatic heterocycles. The molecule has 2 aliphatic rings. The highest BCUT2D eigenvalue weighted by atomic mass is 16.2. The summed E-state index contributed by atoms with van der Waals surface area (Å²) in [5.41, 5.74) is 3.98. The van der Waals surface area contributed by atoms with Gasteiger partial charge in [0.25, 0.3) is 0 Å². The number of benzene rings is 1. The predicted molar refractivity (Wildman–Crippen MR) is 177 cm³/mol. The van der Waals surface area contributed by atoms with E-state index in [9.17, 15) is 14.4 Å². The van der Waals surface area contributed by atoms with Gasteiger partial charge in [-0.1, -0.05) is 50.2 Å². The van der Waals surface area contributed by atoms with Gasteiger partial charge in [-0.15, -0.1) is 0 Å². The number of hydrogen-bond donors (Lipinski definition) is 4. The number of nitrogens with one attached hydrogen (secondary N) is 4. The Morgan fingerprint density at radius 2 is 1.65 bits per heavy atom. The Bertz CT molecular complexity index is 1510. The molecule has 0 unspecified atom stereocenters. The van der Waals surface area contributed by atoms with Crippen LogP contribution in [0.5, 0.6) is 0 Å². The molecule has 1 fully saturated rings. The van der Waals surface area contributed by atoms with Crippen LogP contribution >= 0.6 is 0 Å². The van der Waals surface area contributed by atoms with Crippen molar-refractivity contribution in [2.24, 2.45) is 5.92 Å². The summed E-state index contributed by atoms with van der Waals surface area (Å²) in [6, 6.07) is 13.3. The number of amides is 3. The van der Waals surface area contributed by atoms with E-state index in [1.165, 1.54) is 5.56 Å². The molecule has 46 heavy (non-hydrogen) atoms. The van der Waals surface area contributed by atoms with E-state index in [-0.39, 0.29) is 17.7 Å². The first-order valence-corrected chi connectivity index (χ1v) is 16.1. The van der Waals surface area contributed by atoms with Crippen molar-refractivity contribution < 1.29 is 14.4 Å². The lowest BCUT2D eigenvalue weighted by Crippen LogP contribution is -2.56. The van der Waals surface area contributed by atoms with E-state index >= 15 is 0 Å². The highest BCUT2D eigenvalue weighted by Crippen LogP contribution is 2.20. The zero-order chi connectivity index (χ0) is 32.6.